The van der Waals surface area contributed by atoms with Gasteiger partial charge >= 0.3 is 0 Å². The van der Waals surface area contributed by atoms with Crippen molar-refractivity contribution in [2.45, 2.75) is 39.3 Å². The first kappa shape index (κ1) is 12.3. The zero-order chi connectivity index (χ0) is 11.5. The van der Waals surface area contributed by atoms with E-state index >= 15 is 0 Å². The topological polar surface area (TPSA) is 18.5 Å². The van der Waals surface area contributed by atoms with E-state index < -0.39 is 0 Å². The second-order valence-corrected chi connectivity index (χ2v) is 5.63. The molecule has 1 N–H and O–H groups in total. The van der Waals surface area contributed by atoms with E-state index in [4.69, 9.17) is 0 Å². The average molecular weight is 225 g/mol. The number of piperidine rings is 1. The second-order valence-electron chi connectivity index (χ2n) is 5.63. The predicted molar refractivity (Wildman–Crippen MR) is 68.7 cm³/mol. The van der Waals surface area contributed by atoms with Gasteiger partial charge in [-0.2, -0.15) is 0 Å². The molecule has 16 heavy (non-hydrogen) atoms. The first-order valence-corrected chi connectivity index (χ1v) is 6.89. The van der Waals surface area contributed by atoms with E-state index in [2.05, 4.69) is 35.9 Å². The van der Waals surface area contributed by atoms with Gasteiger partial charge in [0.1, 0.15) is 0 Å². The van der Waals surface area contributed by atoms with Gasteiger partial charge < -0.3 is 5.32 Å². The lowest BCUT2D eigenvalue weighted by Gasteiger charge is -2.45. The molecule has 2 rings (SSSR count). The third kappa shape index (κ3) is 2.76. The van der Waals surface area contributed by atoms with Gasteiger partial charge in [-0.05, 0) is 32.4 Å². The van der Waals surface area contributed by atoms with Crippen LogP contribution in [0, 0.1) is 5.92 Å². The molecule has 2 aliphatic rings. The van der Waals surface area contributed by atoms with Gasteiger partial charge in [0.15, 0.2) is 0 Å². The highest BCUT2D eigenvalue weighted by Crippen LogP contribution is 2.19. The van der Waals surface area contributed by atoms with Crippen molar-refractivity contribution in [1.29, 1.82) is 0 Å². The maximum atomic E-state index is 3.57. The summed E-state index contributed by atoms with van der Waals surface area (Å²) in [4.78, 5) is 5.30. The van der Waals surface area contributed by atoms with Crippen molar-refractivity contribution < 1.29 is 0 Å². The lowest BCUT2D eigenvalue weighted by atomic mass is 9.95. The maximum absolute atomic E-state index is 3.57. The van der Waals surface area contributed by atoms with Crippen LogP contribution in [-0.2, 0) is 0 Å². The lowest BCUT2D eigenvalue weighted by molar-refractivity contribution is 0.0442. The first-order valence-electron chi connectivity index (χ1n) is 6.89. The van der Waals surface area contributed by atoms with Crippen molar-refractivity contribution in [1.82, 2.24) is 15.1 Å². The number of piperazine rings is 1. The number of likely N-dealkylation sites (N-methyl/N-ethyl adjacent to an activating group) is 1. The van der Waals surface area contributed by atoms with Gasteiger partial charge in [-0.1, -0.05) is 13.8 Å². The molecule has 0 aromatic heterocycles. The van der Waals surface area contributed by atoms with E-state index in [9.17, 15) is 0 Å². The Labute approximate surface area is 100 Å². The summed E-state index contributed by atoms with van der Waals surface area (Å²) in [6.07, 6.45) is 1.38. The highest BCUT2D eigenvalue weighted by atomic mass is 15.3. The normalized spacial score (nSPS) is 38.8. The molecular formula is C13H27N3. The van der Waals surface area contributed by atoms with Gasteiger partial charge in [0.2, 0.25) is 0 Å². The zero-order valence-corrected chi connectivity index (χ0v) is 11.1. The molecule has 0 aromatic rings. The van der Waals surface area contributed by atoms with E-state index in [0.29, 0.717) is 0 Å². The van der Waals surface area contributed by atoms with E-state index in [1.165, 1.54) is 45.7 Å². The highest BCUT2D eigenvalue weighted by molar-refractivity contribution is 4.87. The van der Waals surface area contributed by atoms with Crippen LogP contribution >= 0.6 is 0 Å². The molecule has 2 fully saturated rings. The smallest absolute Gasteiger partial charge is 0.0224 e. The third-order valence-electron chi connectivity index (χ3n) is 4.27. The Morgan fingerprint density at radius 3 is 2.62 bits per heavy atom. The third-order valence-corrected chi connectivity index (χ3v) is 4.27. The minimum Gasteiger partial charge on any atom is -0.315 e. The molecule has 2 heterocycles. The van der Waals surface area contributed by atoms with Gasteiger partial charge in [0.05, 0.1) is 0 Å². The van der Waals surface area contributed by atoms with Crippen LogP contribution in [0.3, 0.4) is 0 Å². The SMILES string of the molecule is CCN1CCN(C2CNCC(C)C2)CC1C. The Hall–Kier alpha value is -0.120. The van der Waals surface area contributed by atoms with Crippen molar-refractivity contribution in [3.63, 3.8) is 0 Å². The summed E-state index contributed by atoms with van der Waals surface area (Å²) in [5.41, 5.74) is 0. The predicted octanol–water partition coefficient (Wildman–Crippen LogP) is 1.01. The van der Waals surface area contributed by atoms with Crippen molar-refractivity contribution in [3.05, 3.63) is 0 Å². The quantitative estimate of drug-likeness (QED) is 0.757. The largest absolute Gasteiger partial charge is 0.315 e. The standard InChI is InChI=1S/C13H27N3/c1-4-15-5-6-16(10-12(15)3)13-7-11(2)8-14-9-13/h11-14H,4-10H2,1-3H3. The summed E-state index contributed by atoms with van der Waals surface area (Å²) < 4.78 is 0. The second kappa shape index (κ2) is 5.48. The fraction of sp³-hybridized carbons (Fsp3) is 1.00. The maximum Gasteiger partial charge on any atom is 0.0224 e. The van der Waals surface area contributed by atoms with Gasteiger partial charge in [-0.25, -0.2) is 0 Å². The van der Waals surface area contributed by atoms with Crippen molar-refractivity contribution in [2.24, 2.45) is 5.92 Å². The Balaban J connectivity index is 1.86. The van der Waals surface area contributed by atoms with Crippen LogP contribution in [0.4, 0.5) is 0 Å². The molecule has 0 radical (unpaired) electrons. The van der Waals surface area contributed by atoms with Crippen LogP contribution in [0.15, 0.2) is 0 Å². The Kier molecular flexibility index (Phi) is 4.22. The summed E-state index contributed by atoms with van der Waals surface area (Å²) in [6.45, 7) is 14.4. The molecule has 3 heteroatoms. The molecule has 3 atom stereocenters. The van der Waals surface area contributed by atoms with E-state index in [1.807, 2.05) is 0 Å². The van der Waals surface area contributed by atoms with Crippen molar-refractivity contribution in [2.75, 3.05) is 39.3 Å². The minimum atomic E-state index is 0.732. The molecular weight excluding hydrogens is 198 g/mol. The Morgan fingerprint density at radius 2 is 2.00 bits per heavy atom. The monoisotopic (exact) mass is 225 g/mol. The summed E-state index contributed by atoms with van der Waals surface area (Å²) in [6, 6.07) is 1.51. The number of rotatable bonds is 2. The van der Waals surface area contributed by atoms with E-state index in [-0.39, 0.29) is 0 Å². The highest BCUT2D eigenvalue weighted by Gasteiger charge is 2.29. The minimum absolute atomic E-state index is 0.732. The lowest BCUT2D eigenvalue weighted by Crippen LogP contribution is -2.58. The van der Waals surface area contributed by atoms with E-state index in [0.717, 1.165) is 18.0 Å². The van der Waals surface area contributed by atoms with Crippen LogP contribution in [-0.4, -0.2) is 61.2 Å². The summed E-state index contributed by atoms with van der Waals surface area (Å²) in [5.74, 6) is 0.846. The summed E-state index contributed by atoms with van der Waals surface area (Å²) in [5, 5.41) is 3.57. The molecule has 0 spiro atoms. The number of nitrogens with one attached hydrogen (secondary N) is 1. The van der Waals surface area contributed by atoms with Gasteiger partial charge in [-0.15, -0.1) is 0 Å². The summed E-state index contributed by atoms with van der Waals surface area (Å²) >= 11 is 0. The molecule has 3 nitrogen and oxygen atoms in total. The molecule has 0 saturated carbocycles. The Morgan fingerprint density at radius 1 is 1.19 bits per heavy atom. The van der Waals surface area contributed by atoms with Gasteiger partial charge in [0.25, 0.3) is 0 Å². The van der Waals surface area contributed by atoms with Crippen LogP contribution in [0.5, 0.6) is 0 Å². The molecule has 0 amide bonds. The number of hydrogen-bond acceptors (Lipinski definition) is 3. The molecule has 0 bridgehead atoms. The molecule has 94 valence electrons. The molecule has 2 saturated heterocycles. The fourth-order valence-corrected chi connectivity index (χ4v) is 3.23. The zero-order valence-electron chi connectivity index (χ0n) is 11.1. The fourth-order valence-electron chi connectivity index (χ4n) is 3.23. The van der Waals surface area contributed by atoms with E-state index in [1.54, 1.807) is 0 Å². The Bertz CT molecular complexity index is 219. The van der Waals surface area contributed by atoms with Crippen molar-refractivity contribution >= 4 is 0 Å². The molecule has 2 aliphatic heterocycles. The van der Waals surface area contributed by atoms with Crippen LogP contribution in [0.1, 0.15) is 27.2 Å². The first-order chi connectivity index (χ1) is 7.70. The molecule has 0 aromatic carbocycles. The van der Waals surface area contributed by atoms with Gasteiger partial charge in [0, 0.05) is 38.3 Å². The number of nitrogens with zero attached hydrogens (tertiary/aromatic N) is 2. The molecule has 0 aliphatic carbocycles. The van der Waals surface area contributed by atoms with Crippen LogP contribution < -0.4 is 5.32 Å². The summed E-state index contributed by atoms with van der Waals surface area (Å²) in [7, 11) is 0. The van der Waals surface area contributed by atoms with Crippen LogP contribution in [0.2, 0.25) is 0 Å². The van der Waals surface area contributed by atoms with Crippen LogP contribution in [0.25, 0.3) is 0 Å². The number of hydrogen-bond donors (Lipinski definition) is 1. The molecule has 3 unspecified atom stereocenters. The average Bonchev–Trinajstić information content (AvgIpc) is 2.29. The van der Waals surface area contributed by atoms with Gasteiger partial charge in [-0.3, -0.25) is 9.80 Å². The van der Waals surface area contributed by atoms with Crippen molar-refractivity contribution in [3.8, 4) is 0 Å².